The van der Waals surface area contributed by atoms with Crippen molar-refractivity contribution >= 4 is 17.0 Å². The molecule has 9 heteroatoms. The number of hydrogen-bond acceptors (Lipinski definition) is 7. The highest BCUT2D eigenvalue weighted by Crippen LogP contribution is 2.27. The van der Waals surface area contributed by atoms with Gasteiger partial charge >= 0.3 is 0 Å². The molecule has 0 spiro atoms. The number of benzene rings is 2. The maximum absolute atomic E-state index is 9.39. The lowest BCUT2D eigenvalue weighted by molar-refractivity contribution is 0.122. The minimum Gasteiger partial charge on any atom is -0.378 e. The number of anilines is 1. The predicted octanol–water partition coefficient (Wildman–Crippen LogP) is 2.39. The zero-order valence-corrected chi connectivity index (χ0v) is 17.2. The minimum absolute atomic E-state index is 0.0253. The summed E-state index contributed by atoms with van der Waals surface area (Å²) in [7, 11) is 0. The van der Waals surface area contributed by atoms with Gasteiger partial charge in [0.1, 0.15) is 12.4 Å². The molecule has 0 N–H and O–H groups in total. The number of aromatic nitrogens is 6. The topological polar surface area (TPSA) is 97.7 Å². The summed E-state index contributed by atoms with van der Waals surface area (Å²) in [5.74, 6) is 1.42. The minimum atomic E-state index is 0.0253. The second-order valence-electron chi connectivity index (χ2n) is 7.52. The highest BCUT2D eigenvalue weighted by atomic mass is 16.5. The fourth-order valence-corrected chi connectivity index (χ4v) is 3.95. The molecular formula is C22H22N8O. The SMILES string of the molecule is C[C@@H](c1ccccc1)n1c(Cn2nnc(N3CCOCC3)n2)nc2ccc(C#N)cc21. The molecule has 0 bridgehead atoms. The van der Waals surface area contributed by atoms with Crippen LogP contribution in [0.25, 0.3) is 11.0 Å². The number of hydrogen-bond donors (Lipinski definition) is 0. The fraction of sp³-hybridized carbons (Fsp3) is 0.318. The van der Waals surface area contributed by atoms with E-state index in [0.29, 0.717) is 31.3 Å². The van der Waals surface area contributed by atoms with Gasteiger partial charge in [-0.15, -0.1) is 5.10 Å². The molecule has 0 saturated carbocycles. The Balaban J connectivity index is 1.53. The van der Waals surface area contributed by atoms with Crippen molar-refractivity contribution in [2.45, 2.75) is 19.5 Å². The molecule has 4 aromatic rings. The quantitative estimate of drug-likeness (QED) is 0.494. The first-order chi connectivity index (χ1) is 15.2. The van der Waals surface area contributed by atoms with Crippen molar-refractivity contribution in [3.05, 3.63) is 65.5 Å². The Bertz CT molecular complexity index is 1230. The summed E-state index contributed by atoms with van der Waals surface area (Å²) in [6.45, 7) is 5.36. The zero-order valence-electron chi connectivity index (χ0n) is 17.2. The lowest BCUT2D eigenvalue weighted by Crippen LogP contribution is -2.37. The molecule has 5 rings (SSSR count). The maximum atomic E-state index is 9.39. The summed E-state index contributed by atoms with van der Waals surface area (Å²) >= 11 is 0. The smallest absolute Gasteiger partial charge is 0.266 e. The monoisotopic (exact) mass is 414 g/mol. The lowest BCUT2D eigenvalue weighted by atomic mass is 10.1. The van der Waals surface area contributed by atoms with Gasteiger partial charge in [-0.1, -0.05) is 35.4 Å². The van der Waals surface area contributed by atoms with E-state index in [1.54, 1.807) is 10.9 Å². The van der Waals surface area contributed by atoms with E-state index >= 15 is 0 Å². The maximum Gasteiger partial charge on any atom is 0.266 e. The average molecular weight is 414 g/mol. The van der Waals surface area contributed by atoms with Crippen molar-refractivity contribution in [3.8, 4) is 6.07 Å². The van der Waals surface area contributed by atoms with E-state index in [0.717, 1.165) is 35.5 Å². The van der Waals surface area contributed by atoms with Crippen LogP contribution in [0.15, 0.2) is 48.5 Å². The van der Waals surface area contributed by atoms with Crippen LogP contribution in [-0.2, 0) is 11.3 Å². The number of rotatable bonds is 5. The number of morpholine rings is 1. The highest BCUT2D eigenvalue weighted by Gasteiger charge is 2.20. The number of tetrazole rings is 1. The van der Waals surface area contributed by atoms with Crippen LogP contribution in [-0.4, -0.2) is 56.1 Å². The van der Waals surface area contributed by atoms with E-state index in [-0.39, 0.29) is 6.04 Å². The van der Waals surface area contributed by atoms with Crippen LogP contribution in [0.4, 0.5) is 5.95 Å². The summed E-state index contributed by atoms with van der Waals surface area (Å²) < 4.78 is 7.56. The normalized spacial score (nSPS) is 15.2. The van der Waals surface area contributed by atoms with Gasteiger partial charge in [-0.2, -0.15) is 10.1 Å². The number of ether oxygens (including phenoxy) is 1. The van der Waals surface area contributed by atoms with Crippen molar-refractivity contribution in [2.75, 3.05) is 31.2 Å². The van der Waals surface area contributed by atoms with Gasteiger partial charge in [0.05, 0.1) is 41.9 Å². The number of nitrogens with zero attached hydrogens (tertiary/aromatic N) is 8. The molecule has 2 aromatic carbocycles. The van der Waals surface area contributed by atoms with Gasteiger partial charge in [-0.25, -0.2) is 4.98 Å². The van der Waals surface area contributed by atoms with Crippen molar-refractivity contribution in [1.82, 2.24) is 29.8 Å². The third-order valence-electron chi connectivity index (χ3n) is 5.58. The summed E-state index contributed by atoms with van der Waals surface area (Å²) in [6.07, 6.45) is 0. The van der Waals surface area contributed by atoms with E-state index in [4.69, 9.17) is 9.72 Å². The Morgan fingerprint density at radius 3 is 2.71 bits per heavy atom. The standard InChI is InChI=1S/C22H22N8O/c1-16(18-5-3-2-4-6-18)30-20-13-17(14-23)7-8-19(20)24-21(30)15-29-26-22(25-27-29)28-9-11-31-12-10-28/h2-8,13,16H,9-12,15H2,1H3/t16-/m0/s1. The van der Waals surface area contributed by atoms with Crippen molar-refractivity contribution in [3.63, 3.8) is 0 Å². The van der Waals surface area contributed by atoms with Gasteiger partial charge in [0.2, 0.25) is 0 Å². The van der Waals surface area contributed by atoms with Gasteiger partial charge < -0.3 is 14.2 Å². The molecule has 1 fully saturated rings. The molecule has 9 nitrogen and oxygen atoms in total. The molecule has 2 aromatic heterocycles. The summed E-state index contributed by atoms with van der Waals surface area (Å²) in [6, 6.07) is 18.1. The second-order valence-corrected chi connectivity index (χ2v) is 7.52. The molecule has 3 heterocycles. The summed E-state index contributed by atoms with van der Waals surface area (Å²) in [4.78, 5) is 8.49. The third-order valence-corrected chi connectivity index (χ3v) is 5.58. The molecule has 1 aliphatic heterocycles. The Labute approximate surface area is 179 Å². The Hall–Kier alpha value is -3.77. The zero-order chi connectivity index (χ0) is 21.2. The first-order valence-corrected chi connectivity index (χ1v) is 10.3. The third kappa shape index (κ3) is 3.73. The molecule has 1 aliphatic rings. The summed E-state index contributed by atoms with van der Waals surface area (Å²) in [5.41, 5.74) is 3.52. The van der Waals surface area contributed by atoms with Gasteiger partial charge in [0.25, 0.3) is 5.95 Å². The van der Waals surface area contributed by atoms with Crippen LogP contribution in [0, 0.1) is 11.3 Å². The molecule has 1 atom stereocenters. The second kappa shape index (κ2) is 8.16. The molecule has 0 radical (unpaired) electrons. The number of nitriles is 1. The van der Waals surface area contributed by atoms with E-state index in [1.165, 1.54) is 0 Å². The molecule has 0 amide bonds. The van der Waals surface area contributed by atoms with Crippen LogP contribution in [0.1, 0.15) is 29.9 Å². The van der Waals surface area contributed by atoms with Crippen LogP contribution in [0.5, 0.6) is 0 Å². The van der Waals surface area contributed by atoms with Crippen LogP contribution in [0.3, 0.4) is 0 Å². The summed E-state index contributed by atoms with van der Waals surface area (Å²) in [5, 5.41) is 22.4. The van der Waals surface area contributed by atoms with Crippen molar-refractivity contribution in [1.29, 1.82) is 5.26 Å². The predicted molar refractivity (Wildman–Crippen MR) is 115 cm³/mol. The van der Waals surface area contributed by atoms with Gasteiger partial charge in [-0.3, -0.25) is 0 Å². The first-order valence-electron chi connectivity index (χ1n) is 10.3. The molecular weight excluding hydrogens is 392 g/mol. The van der Waals surface area contributed by atoms with E-state index in [9.17, 15) is 5.26 Å². The van der Waals surface area contributed by atoms with Gasteiger partial charge in [0.15, 0.2) is 0 Å². The average Bonchev–Trinajstić information content (AvgIpc) is 3.44. The van der Waals surface area contributed by atoms with Crippen molar-refractivity contribution in [2.24, 2.45) is 0 Å². The lowest BCUT2D eigenvalue weighted by Gasteiger charge is -2.24. The van der Waals surface area contributed by atoms with Gasteiger partial charge in [-0.05, 0) is 35.9 Å². The van der Waals surface area contributed by atoms with Crippen LogP contribution < -0.4 is 4.90 Å². The molecule has 1 saturated heterocycles. The van der Waals surface area contributed by atoms with E-state index < -0.39 is 0 Å². The van der Waals surface area contributed by atoms with Crippen molar-refractivity contribution < 1.29 is 4.74 Å². The molecule has 0 aliphatic carbocycles. The van der Waals surface area contributed by atoms with Crippen LogP contribution in [0.2, 0.25) is 0 Å². The molecule has 0 unspecified atom stereocenters. The van der Waals surface area contributed by atoms with Gasteiger partial charge in [0, 0.05) is 13.1 Å². The Morgan fingerprint density at radius 2 is 1.94 bits per heavy atom. The Morgan fingerprint density at radius 1 is 1.13 bits per heavy atom. The largest absolute Gasteiger partial charge is 0.378 e. The first kappa shape index (κ1) is 19.2. The fourth-order valence-electron chi connectivity index (χ4n) is 3.95. The number of fused-ring (bicyclic) bond motifs is 1. The Kier molecular flexibility index (Phi) is 5.06. The van der Waals surface area contributed by atoms with E-state index in [2.05, 4.69) is 50.0 Å². The number of imidazole rings is 1. The van der Waals surface area contributed by atoms with E-state index in [1.807, 2.05) is 30.3 Å². The molecule has 156 valence electrons. The van der Waals surface area contributed by atoms with Crippen LogP contribution >= 0.6 is 0 Å². The highest BCUT2D eigenvalue weighted by molar-refractivity contribution is 5.78. The molecule has 31 heavy (non-hydrogen) atoms.